The highest BCUT2D eigenvalue weighted by atomic mass is 32.2. The summed E-state index contributed by atoms with van der Waals surface area (Å²) in [6.45, 7) is 0.859. The number of nitrogens with zero attached hydrogens (tertiary/aromatic N) is 1. The summed E-state index contributed by atoms with van der Waals surface area (Å²) >= 11 is 1.68. The molecule has 0 atom stereocenters. The number of hydrogen-bond donors (Lipinski definition) is 3. The lowest BCUT2D eigenvalue weighted by atomic mass is 10.00. The first-order chi connectivity index (χ1) is 11.8. The van der Waals surface area contributed by atoms with Crippen LogP contribution in [0.4, 0.5) is 5.69 Å². The maximum absolute atomic E-state index is 6.27. The Hall–Kier alpha value is -2.24. The topological polar surface area (TPSA) is 62.4 Å². The Morgan fingerprint density at radius 1 is 1.17 bits per heavy atom. The predicted molar refractivity (Wildman–Crippen MR) is 108 cm³/mol. The van der Waals surface area contributed by atoms with Crippen LogP contribution in [0.3, 0.4) is 0 Å². The van der Waals surface area contributed by atoms with Gasteiger partial charge in [-0.3, -0.25) is 9.71 Å². The Labute approximate surface area is 148 Å². The maximum atomic E-state index is 6.27. The minimum absolute atomic E-state index is 0.696. The first-order valence-corrected chi connectivity index (χ1v) is 8.85. The van der Waals surface area contributed by atoms with Crippen LogP contribution in [0.1, 0.15) is 5.56 Å². The van der Waals surface area contributed by atoms with E-state index in [2.05, 4.69) is 45.4 Å². The van der Waals surface area contributed by atoms with Gasteiger partial charge in [0.05, 0.1) is 0 Å². The summed E-state index contributed by atoms with van der Waals surface area (Å²) in [6.07, 6.45) is 3.54. The molecule has 0 radical (unpaired) electrons. The summed E-state index contributed by atoms with van der Waals surface area (Å²) in [7, 11) is 3.66. The average molecular weight is 340 g/mol. The van der Waals surface area contributed by atoms with Gasteiger partial charge >= 0.3 is 0 Å². The molecule has 4 nitrogen and oxygen atoms in total. The number of aliphatic imine (C=N–C) groups is 1. The van der Waals surface area contributed by atoms with E-state index in [9.17, 15) is 0 Å². The van der Waals surface area contributed by atoms with Gasteiger partial charge in [-0.2, -0.15) is 0 Å². The van der Waals surface area contributed by atoms with Crippen LogP contribution in [0.2, 0.25) is 0 Å². The van der Waals surface area contributed by atoms with E-state index >= 15 is 0 Å². The van der Waals surface area contributed by atoms with Gasteiger partial charge in [-0.05, 0) is 36.4 Å². The molecule has 0 unspecified atom stereocenters. The van der Waals surface area contributed by atoms with Gasteiger partial charge < -0.3 is 11.1 Å². The summed E-state index contributed by atoms with van der Waals surface area (Å²) in [5.41, 5.74) is 11.3. The molecule has 0 spiro atoms. The molecule has 126 valence electrons. The lowest BCUT2D eigenvalue weighted by molar-refractivity contribution is 1.20. The summed E-state index contributed by atoms with van der Waals surface area (Å²) in [5.74, 6) is 0.969. The third-order valence-electron chi connectivity index (χ3n) is 3.50. The third kappa shape index (κ3) is 5.15. The van der Waals surface area contributed by atoms with E-state index in [1.807, 2.05) is 31.3 Å². The van der Waals surface area contributed by atoms with Crippen LogP contribution >= 0.6 is 11.9 Å². The van der Waals surface area contributed by atoms with E-state index in [1.54, 1.807) is 25.2 Å². The smallest absolute Gasteiger partial charge is 0.0435 e. The molecule has 24 heavy (non-hydrogen) atoms. The molecule has 0 bridgehead atoms. The zero-order chi connectivity index (χ0) is 17.2. The highest BCUT2D eigenvalue weighted by Crippen LogP contribution is 2.28. The van der Waals surface area contributed by atoms with Gasteiger partial charge in [0.25, 0.3) is 0 Å². The van der Waals surface area contributed by atoms with Crippen molar-refractivity contribution in [2.75, 3.05) is 31.7 Å². The van der Waals surface area contributed by atoms with Crippen molar-refractivity contribution in [3.8, 4) is 11.1 Å². The molecule has 2 rings (SSSR count). The van der Waals surface area contributed by atoms with Crippen LogP contribution in [0.25, 0.3) is 16.8 Å². The minimum atomic E-state index is 0.696. The molecular formula is C19H24N4S. The van der Waals surface area contributed by atoms with E-state index in [0.29, 0.717) is 5.70 Å². The van der Waals surface area contributed by atoms with Crippen molar-refractivity contribution >= 4 is 29.5 Å². The summed E-state index contributed by atoms with van der Waals surface area (Å²) in [6, 6.07) is 16.6. The van der Waals surface area contributed by atoms with E-state index in [1.165, 1.54) is 5.56 Å². The Balaban J connectivity index is 2.32. The standard InChI is InChI=1S/C19H24N4S/c1-21-11-10-18(20)17-14-16(15-6-4-3-5-7-15)8-9-19(17)23-12-13-24-22-2/h3-11,14,22-23H,12-13,20H2,1-2H3. The van der Waals surface area contributed by atoms with Crippen molar-refractivity contribution in [2.24, 2.45) is 10.7 Å². The fourth-order valence-electron chi connectivity index (χ4n) is 2.33. The summed E-state index contributed by atoms with van der Waals surface area (Å²) in [5, 5.41) is 3.46. The van der Waals surface area contributed by atoms with Crippen LogP contribution in [0, 0.1) is 0 Å². The second kappa shape index (κ2) is 9.80. The molecule has 4 N–H and O–H groups in total. The zero-order valence-electron chi connectivity index (χ0n) is 14.1. The molecule has 5 heteroatoms. The lowest BCUT2D eigenvalue weighted by Crippen LogP contribution is -2.10. The second-order valence-corrected chi connectivity index (χ2v) is 6.24. The molecule has 0 heterocycles. The van der Waals surface area contributed by atoms with Crippen molar-refractivity contribution < 1.29 is 0 Å². The van der Waals surface area contributed by atoms with E-state index in [0.717, 1.165) is 29.1 Å². The average Bonchev–Trinajstić information content (AvgIpc) is 2.64. The number of benzene rings is 2. The van der Waals surface area contributed by atoms with Crippen molar-refractivity contribution in [2.45, 2.75) is 0 Å². The predicted octanol–water partition coefficient (Wildman–Crippen LogP) is 3.63. The van der Waals surface area contributed by atoms with E-state index in [4.69, 9.17) is 5.73 Å². The van der Waals surface area contributed by atoms with Crippen molar-refractivity contribution in [3.05, 3.63) is 60.2 Å². The number of hydrogen-bond acceptors (Lipinski definition) is 5. The lowest BCUT2D eigenvalue weighted by Gasteiger charge is -2.14. The van der Waals surface area contributed by atoms with Gasteiger partial charge in [0.2, 0.25) is 0 Å². The molecule has 0 aromatic heterocycles. The first kappa shape index (κ1) is 18.1. The molecule has 0 aliphatic carbocycles. The largest absolute Gasteiger partial charge is 0.398 e. The number of nitrogens with two attached hydrogens (primary N) is 1. The van der Waals surface area contributed by atoms with E-state index in [-0.39, 0.29) is 0 Å². The Kier molecular flexibility index (Phi) is 7.39. The van der Waals surface area contributed by atoms with Gasteiger partial charge in [-0.15, -0.1) is 0 Å². The van der Waals surface area contributed by atoms with Crippen LogP contribution in [-0.4, -0.2) is 32.6 Å². The Morgan fingerprint density at radius 3 is 2.67 bits per heavy atom. The van der Waals surface area contributed by atoms with Crippen molar-refractivity contribution in [1.29, 1.82) is 0 Å². The Morgan fingerprint density at radius 2 is 1.96 bits per heavy atom. The molecular weight excluding hydrogens is 316 g/mol. The van der Waals surface area contributed by atoms with Crippen molar-refractivity contribution in [1.82, 2.24) is 4.72 Å². The highest BCUT2D eigenvalue weighted by Gasteiger charge is 2.07. The fourth-order valence-corrected chi connectivity index (χ4v) is 2.74. The number of nitrogens with one attached hydrogen (secondary N) is 2. The molecule has 2 aromatic carbocycles. The SMILES string of the molecule is CN=CC=C(N)c1cc(-c2ccccc2)ccc1NCCSNC. The second-order valence-electron chi connectivity index (χ2n) is 5.14. The Bertz CT molecular complexity index is 696. The quantitative estimate of drug-likeness (QED) is 0.390. The maximum Gasteiger partial charge on any atom is 0.0435 e. The van der Waals surface area contributed by atoms with E-state index < -0.39 is 0 Å². The van der Waals surface area contributed by atoms with Gasteiger partial charge in [0.1, 0.15) is 0 Å². The third-order valence-corrected chi connectivity index (χ3v) is 4.20. The number of anilines is 1. The zero-order valence-corrected chi connectivity index (χ0v) is 14.9. The molecule has 0 aliphatic rings. The number of rotatable bonds is 8. The van der Waals surface area contributed by atoms with Gasteiger partial charge in [-0.25, -0.2) is 0 Å². The minimum Gasteiger partial charge on any atom is -0.398 e. The van der Waals surface area contributed by atoms with Gasteiger partial charge in [0, 0.05) is 42.5 Å². The first-order valence-electron chi connectivity index (χ1n) is 7.86. The molecule has 0 amide bonds. The normalized spacial score (nSPS) is 11.8. The molecule has 0 aliphatic heterocycles. The van der Waals surface area contributed by atoms with Crippen LogP contribution in [0.15, 0.2) is 59.6 Å². The summed E-state index contributed by atoms with van der Waals surface area (Å²) < 4.78 is 3.07. The van der Waals surface area contributed by atoms with Gasteiger partial charge in [-0.1, -0.05) is 48.3 Å². The highest BCUT2D eigenvalue weighted by molar-refractivity contribution is 7.97. The van der Waals surface area contributed by atoms with Crippen LogP contribution in [0.5, 0.6) is 0 Å². The van der Waals surface area contributed by atoms with Crippen LogP contribution in [-0.2, 0) is 0 Å². The van der Waals surface area contributed by atoms with Crippen molar-refractivity contribution in [3.63, 3.8) is 0 Å². The molecule has 0 saturated carbocycles. The molecule has 2 aromatic rings. The summed E-state index contributed by atoms with van der Waals surface area (Å²) in [4.78, 5) is 3.98. The molecule has 0 saturated heterocycles. The monoisotopic (exact) mass is 340 g/mol. The van der Waals surface area contributed by atoms with Gasteiger partial charge in [0.15, 0.2) is 0 Å². The number of allylic oxidation sites excluding steroid dienone is 1. The van der Waals surface area contributed by atoms with Crippen LogP contribution < -0.4 is 15.8 Å². The fraction of sp³-hybridized carbons (Fsp3) is 0.211. The molecule has 0 fully saturated rings.